The predicted molar refractivity (Wildman–Crippen MR) is 114 cm³/mol. The molecule has 0 N–H and O–H groups in total. The fourth-order valence-electron chi connectivity index (χ4n) is 4.52. The van der Waals surface area contributed by atoms with Crippen LogP contribution in [0.15, 0.2) is 29.6 Å². The fraction of sp³-hybridized carbons (Fsp3) is 0.571. The second-order valence-electron chi connectivity index (χ2n) is 7.51. The lowest BCUT2D eigenvalue weighted by Gasteiger charge is -2.45. The minimum atomic E-state index is 0. The lowest BCUT2D eigenvalue weighted by atomic mass is 9.87. The zero-order valence-electron chi connectivity index (χ0n) is 15.9. The van der Waals surface area contributed by atoms with E-state index in [1.54, 1.807) is 11.3 Å². The zero-order valence-corrected chi connectivity index (χ0v) is 17.6. The Bertz CT molecular complexity index is 759. The van der Waals surface area contributed by atoms with Crippen LogP contribution in [0, 0.1) is 0 Å². The van der Waals surface area contributed by atoms with Crippen molar-refractivity contribution in [1.29, 1.82) is 0 Å². The van der Waals surface area contributed by atoms with Crippen LogP contribution in [-0.4, -0.2) is 61.1 Å². The van der Waals surface area contributed by atoms with Crippen LogP contribution in [0.4, 0.5) is 0 Å². The molecule has 4 rings (SSSR count). The molecule has 4 nitrogen and oxygen atoms in total. The Morgan fingerprint density at radius 3 is 2.78 bits per heavy atom. The number of thiophene rings is 1. The molecule has 1 aromatic heterocycles. The van der Waals surface area contributed by atoms with E-state index >= 15 is 0 Å². The smallest absolute Gasteiger partial charge is 0.227 e. The van der Waals surface area contributed by atoms with Gasteiger partial charge in [0.15, 0.2) is 0 Å². The first-order valence-corrected chi connectivity index (χ1v) is 10.6. The third-order valence-electron chi connectivity index (χ3n) is 6.00. The van der Waals surface area contributed by atoms with Crippen LogP contribution >= 0.6 is 23.7 Å². The number of halogens is 1. The van der Waals surface area contributed by atoms with Gasteiger partial charge in [-0.05, 0) is 35.2 Å². The molecule has 2 aromatic rings. The van der Waals surface area contributed by atoms with Crippen LogP contribution in [0.5, 0.6) is 0 Å². The van der Waals surface area contributed by atoms with Crippen molar-refractivity contribution in [2.24, 2.45) is 0 Å². The standard InChI is InChI=1S/C21H28N2O2S.ClH/c1-22(18-7-3-4-8-19(18)23-10-12-25-13-11-23)21(24)14-16-15-26-20-9-5-2-6-17(16)20;/h2,5-6,9,15,18-19H,3-4,7-8,10-14H2,1H3;1H/t18-,19-;/m1./s1. The molecule has 148 valence electrons. The maximum absolute atomic E-state index is 13.1. The van der Waals surface area contributed by atoms with Crippen molar-refractivity contribution in [2.45, 2.75) is 44.2 Å². The van der Waals surface area contributed by atoms with Crippen LogP contribution in [0.1, 0.15) is 31.2 Å². The molecule has 6 heteroatoms. The van der Waals surface area contributed by atoms with E-state index in [1.807, 2.05) is 11.9 Å². The van der Waals surface area contributed by atoms with Gasteiger partial charge in [0.2, 0.25) is 5.91 Å². The van der Waals surface area contributed by atoms with Crippen molar-refractivity contribution in [2.75, 3.05) is 33.4 Å². The lowest BCUT2D eigenvalue weighted by Crippen LogP contribution is -2.56. The topological polar surface area (TPSA) is 32.8 Å². The molecule has 1 saturated heterocycles. The first kappa shape index (κ1) is 20.6. The Balaban J connectivity index is 0.00000210. The summed E-state index contributed by atoms with van der Waals surface area (Å²) in [6.45, 7) is 3.64. The predicted octanol–water partition coefficient (Wildman–Crippen LogP) is 3.97. The highest BCUT2D eigenvalue weighted by molar-refractivity contribution is 7.17. The largest absolute Gasteiger partial charge is 0.379 e. The van der Waals surface area contributed by atoms with E-state index < -0.39 is 0 Å². The lowest BCUT2D eigenvalue weighted by molar-refractivity contribution is -0.134. The van der Waals surface area contributed by atoms with Crippen molar-refractivity contribution < 1.29 is 9.53 Å². The minimum Gasteiger partial charge on any atom is -0.379 e. The number of carbonyl (C=O) groups is 1. The molecule has 2 atom stereocenters. The Morgan fingerprint density at radius 2 is 1.96 bits per heavy atom. The molecule has 1 aliphatic carbocycles. The molecule has 0 radical (unpaired) electrons. The number of nitrogens with zero attached hydrogens (tertiary/aromatic N) is 2. The van der Waals surface area contributed by atoms with Gasteiger partial charge in [0, 0.05) is 36.9 Å². The third-order valence-corrected chi connectivity index (χ3v) is 7.01. The Hall–Kier alpha value is -1.14. The summed E-state index contributed by atoms with van der Waals surface area (Å²) in [7, 11) is 2.01. The SMILES string of the molecule is CN(C(=O)Cc1csc2ccccc12)[C@@H]1CCCC[C@H]1N1CCOCC1.Cl. The average Bonchev–Trinajstić information content (AvgIpc) is 3.11. The molecule has 1 amide bonds. The van der Waals surface area contributed by atoms with Crippen LogP contribution in [0.2, 0.25) is 0 Å². The van der Waals surface area contributed by atoms with Crippen molar-refractivity contribution in [3.8, 4) is 0 Å². The summed E-state index contributed by atoms with van der Waals surface area (Å²) >= 11 is 1.73. The van der Waals surface area contributed by atoms with Crippen molar-refractivity contribution in [3.05, 3.63) is 35.2 Å². The van der Waals surface area contributed by atoms with E-state index in [9.17, 15) is 4.79 Å². The molecule has 1 aliphatic heterocycles. The van der Waals surface area contributed by atoms with E-state index in [0.29, 0.717) is 18.5 Å². The summed E-state index contributed by atoms with van der Waals surface area (Å²) < 4.78 is 6.79. The molecule has 0 unspecified atom stereocenters. The van der Waals surface area contributed by atoms with Gasteiger partial charge >= 0.3 is 0 Å². The summed E-state index contributed by atoms with van der Waals surface area (Å²) in [4.78, 5) is 17.7. The Kier molecular flexibility index (Phi) is 7.15. The van der Waals surface area contributed by atoms with Gasteiger partial charge in [-0.1, -0.05) is 31.0 Å². The van der Waals surface area contributed by atoms with E-state index in [4.69, 9.17) is 4.74 Å². The van der Waals surface area contributed by atoms with Crippen molar-refractivity contribution in [3.63, 3.8) is 0 Å². The van der Waals surface area contributed by atoms with Crippen LogP contribution in [0.3, 0.4) is 0 Å². The van der Waals surface area contributed by atoms with Crippen LogP contribution in [0.25, 0.3) is 10.1 Å². The van der Waals surface area contributed by atoms with Crippen molar-refractivity contribution >= 4 is 39.7 Å². The molecule has 27 heavy (non-hydrogen) atoms. The number of hydrogen-bond acceptors (Lipinski definition) is 4. The molecule has 2 heterocycles. The number of hydrogen-bond donors (Lipinski definition) is 0. The van der Waals surface area contributed by atoms with Gasteiger partial charge in [-0.15, -0.1) is 23.7 Å². The van der Waals surface area contributed by atoms with Crippen molar-refractivity contribution in [1.82, 2.24) is 9.80 Å². The quantitative estimate of drug-likeness (QED) is 0.767. The van der Waals surface area contributed by atoms with E-state index in [-0.39, 0.29) is 18.3 Å². The van der Waals surface area contributed by atoms with Crippen LogP contribution < -0.4 is 0 Å². The first-order chi connectivity index (χ1) is 12.7. The second-order valence-corrected chi connectivity index (χ2v) is 8.42. The number of fused-ring (bicyclic) bond motifs is 1. The Morgan fingerprint density at radius 1 is 1.22 bits per heavy atom. The molecule has 1 aromatic carbocycles. The number of ether oxygens (including phenoxy) is 1. The third kappa shape index (κ3) is 4.48. The molecule has 0 spiro atoms. The van der Waals surface area contributed by atoms with Gasteiger partial charge in [0.1, 0.15) is 0 Å². The number of carbonyl (C=O) groups excluding carboxylic acids is 1. The summed E-state index contributed by atoms with van der Waals surface area (Å²) in [5.74, 6) is 0.249. The van der Waals surface area contributed by atoms with Gasteiger partial charge in [-0.2, -0.15) is 0 Å². The van der Waals surface area contributed by atoms with Gasteiger partial charge in [-0.3, -0.25) is 9.69 Å². The summed E-state index contributed by atoms with van der Waals surface area (Å²) in [6, 6.07) is 9.20. The maximum atomic E-state index is 13.1. The van der Waals surface area contributed by atoms with Gasteiger partial charge in [0.25, 0.3) is 0 Å². The Labute approximate surface area is 171 Å². The number of benzene rings is 1. The highest BCUT2D eigenvalue weighted by Crippen LogP contribution is 2.29. The average molecular weight is 409 g/mol. The number of morpholine rings is 1. The van der Waals surface area contributed by atoms with Gasteiger partial charge < -0.3 is 9.64 Å². The highest BCUT2D eigenvalue weighted by Gasteiger charge is 2.35. The highest BCUT2D eigenvalue weighted by atomic mass is 35.5. The summed E-state index contributed by atoms with van der Waals surface area (Å²) in [5.41, 5.74) is 1.17. The molecule has 2 fully saturated rings. The maximum Gasteiger partial charge on any atom is 0.227 e. The monoisotopic (exact) mass is 408 g/mol. The van der Waals surface area contributed by atoms with E-state index in [2.05, 4.69) is 34.5 Å². The molecular weight excluding hydrogens is 380 g/mol. The molecular formula is C21H29ClN2O2S. The fourth-order valence-corrected chi connectivity index (χ4v) is 5.48. The number of rotatable bonds is 4. The zero-order chi connectivity index (χ0) is 17.9. The molecule has 1 saturated carbocycles. The first-order valence-electron chi connectivity index (χ1n) is 9.76. The normalized spacial score (nSPS) is 23.7. The van der Waals surface area contributed by atoms with Crippen LogP contribution in [-0.2, 0) is 16.0 Å². The van der Waals surface area contributed by atoms with Gasteiger partial charge in [0.05, 0.1) is 19.6 Å². The van der Waals surface area contributed by atoms with Gasteiger partial charge in [-0.25, -0.2) is 0 Å². The second kappa shape index (κ2) is 9.37. The number of likely N-dealkylation sites (N-methyl/N-ethyl adjacent to an activating group) is 1. The molecule has 2 aliphatic rings. The van der Waals surface area contributed by atoms with E-state index in [0.717, 1.165) is 32.7 Å². The summed E-state index contributed by atoms with van der Waals surface area (Å²) in [5, 5.41) is 3.38. The minimum absolute atomic E-state index is 0. The molecule has 0 bridgehead atoms. The summed E-state index contributed by atoms with van der Waals surface area (Å²) in [6.07, 6.45) is 5.32. The number of amides is 1. The van der Waals surface area contributed by atoms with E-state index in [1.165, 1.54) is 34.9 Å².